The van der Waals surface area contributed by atoms with Gasteiger partial charge in [-0.15, -0.1) is 0 Å². The Morgan fingerprint density at radius 1 is 0.329 bits per heavy atom. The summed E-state index contributed by atoms with van der Waals surface area (Å²) < 4.78 is 63.3. The molecule has 20 N–H and O–H groups in total. The zero-order chi connectivity index (χ0) is 53.9. The van der Waals surface area contributed by atoms with Crippen molar-refractivity contribution in [2.45, 2.75) is 198 Å². The molecule has 424 valence electrons. The van der Waals surface area contributed by atoms with E-state index < -0.39 is 236 Å². The molecular weight excluding hydrogens is 1000 g/mol. The van der Waals surface area contributed by atoms with Crippen LogP contribution in [0.3, 0.4) is 0 Å². The molecule has 6 aliphatic heterocycles. The van der Waals surface area contributed by atoms with Gasteiger partial charge in [-0.1, -0.05) is 0 Å². The maximum absolute atomic E-state index is 12.8. The minimum atomic E-state index is -2.29. The molecule has 0 aliphatic carbocycles. The third-order valence-electron chi connectivity index (χ3n) is 13.2. The lowest BCUT2D eigenvalue weighted by Gasteiger charge is -2.51. The number of rotatable bonds is 18. The Labute approximate surface area is 413 Å². The van der Waals surface area contributed by atoms with Crippen LogP contribution in [0.4, 0.5) is 0 Å². The molecule has 0 aromatic heterocycles. The number of nitrogens with one attached hydrogen (secondary N) is 2. The van der Waals surface area contributed by atoms with Gasteiger partial charge in [-0.3, -0.25) is 9.59 Å². The Kier molecular flexibility index (Phi) is 21.3. The van der Waals surface area contributed by atoms with E-state index in [0.717, 1.165) is 13.8 Å². The van der Waals surface area contributed by atoms with Crippen molar-refractivity contribution in [1.29, 1.82) is 0 Å². The molecular formula is C40H68N2O31. The third kappa shape index (κ3) is 12.9. The molecule has 0 radical (unpaired) electrons. The fourth-order valence-corrected chi connectivity index (χ4v) is 9.32. The number of hydrogen-bond donors (Lipinski definition) is 20. The van der Waals surface area contributed by atoms with E-state index in [-0.39, 0.29) is 0 Å². The van der Waals surface area contributed by atoms with E-state index in [1.807, 2.05) is 0 Å². The van der Waals surface area contributed by atoms with Gasteiger partial charge in [-0.2, -0.15) is 0 Å². The second kappa shape index (κ2) is 26.0. The summed E-state index contributed by atoms with van der Waals surface area (Å²) in [6.45, 7) is -3.97. The van der Waals surface area contributed by atoms with Crippen molar-refractivity contribution < 1.29 is 154 Å². The van der Waals surface area contributed by atoms with E-state index in [4.69, 9.17) is 52.1 Å². The van der Waals surface area contributed by atoms with Crippen LogP contribution >= 0.6 is 0 Å². The molecule has 0 bridgehead atoms. The van der Waals surface area contributed by atoms with Gasteiger partial charge in [0.1, 0.15) is 146 Å². The Bertz CT molecular complexity index is 1750. The normalized spacial score (nSPS) is 49.8. The van der Waals surface area contributed by atoms with Gasteiger partial charge < -0.3 is 155 Å². The molecule has 33 nitrogen and oxygen atoms in total. The SMILES string of the molecule is CC(=O)N[C@H]1[C@H](O[C@@H]2[C@@H](O)[C@H](O[C@H]3[C@H](O)[C@@H](O)[C@H](O)O[C@@H]3CO)O[C@H](CO)[C@@H]2O[C@@H]2O[C@H](CO)[C@H](O)[C@H](O)[C@H]2NC(C)=O)O[C@H](CO)[C@H](O[C@@H]2O[C@H](CO)[C@H](O)[C@H](O[C@H]3O[C@H](CO)[C@H](O)[C@H](O)[C@H]3O)[C@H]2O)[C@@H]1O. The number of hydrogen-bond acceptors (Lipinski definition) is 31. The lowest BCUT2D eigenvalue weighted by Crippen LogP contribution is -2.71. The molecule has 0 saturated carbocycles. The predicted octanol–water partition coefficient (Wildman–Crippen LogP) is -13.8. The van der Waals surface area contributed by atoms with Gasteiger partial charge in [-0.05, 0) is 0 Å². The standard InChI is InChI=1S/C40H68N2O31/c1-9(49)41-17-22(54)19(51)11(3-43)64-36(17)71-32-16(8-48)68-40(70-31-14(6-46)63-35(62)26(58)25(31)57)29(61)34(32)73-37-18(42-10(2)50)23(55)30(15(7-47)67-37)69-39-28(60)33(21(53)13(5-45)66-39)72-38-27(59)24(56)20(52)12(4-44)65-38/h11-40,43-48,51-62H,3-8H2,1-2H3,(H,41,49)(H,42,50)/t11-,12-,13-,14-,15-,16-,17-,18-,19+,20+,21+,22-,23-,24+,25-,26-,27-,28-,29-,30+,31-,32+,33+,34-,35-,36+,37+,38-,39+,40+/m1/s1. The van der Waals surface area contributed by atoms with Gasteiger partial charge in [0.05, 0.1) is 39.6 Å². The summed E-state index contributed by atoms with van der Waals surface area (Å²) in [5.74, 6) is -1.70. The van der Waals surface area contributed by atoms with Crippen molar-refractivity contribution in [3.63, 3.8) is 0 Å². The van der Waals surface area contributed by atoms with Gasteiger partial charge in [0, 0.05) is 13.8 Å². The third-order valence-corrected chi connectivity index (χ3v) is 13.2. The lowest BCUT2D eigenvalue weighted by atomic mass is 9.93. The highest BCUT2D eigenvalue weighted by atomic mass is 16.8. The number of ether oxygens (including phenoxy) is 11. The Morgan fingerprint density at radius 3 is 1.18 bits per heavy atom. The monoisotopic (exact) mass is 1070 g/mol. The molecule has 30 atom stereocenters. The Hall–Kier alpha value is -2.22. The summed E-state index contributed by atoms with van der Waals surface area (Å²) in [4.78, 5) is 25.1. The summed E-state index contributed by atoms with van der Waals surface area (Å²) in [6, 6.07) is -3.55. The second-order valence-corrected chi connectivity index (χ2v) is 18.2. The summed E-state index contributed by atoms with van der Waals surface area (Å²) in [5, 5.41) is 197. The first-order valence-corrected chi connectivity index (χ1v) is 23.1. The van der Waals surface area contributed by atoms with Crippen LogP contribution in [0.25, 0.3) is 0 Å². The highest BCUT2D eigenvalue weighted by Crippen LogP contribution is 2.38. The molecule has 6 aliphatic rings. The van der Waals surface area contributed by atoms with Crippen LogP contribution in [0.5, 0.6) is 0 Å². The van der Waals surface area contributed by atoms with E-state index in [2.05, 4.69) is 10.6 Å². The van der Waals surface area contributed by atoms with Crippen molar-refractivity contribution in [1.82, 2.24) is 10.6 Å². The molecule has 0 spiro atoms. The fourth-order valence-electron chi connectivity index (χ4n) is 9.32. The lowest BCUT2D eigenvalue weighted by molar-refractivity contribution is -0.396. The molecule has 33 heteroatoms. The maximum atomic E-state index is 12.8. The Morgan fingerprint density at radius 2 is 0.671 bits per heavy atom. The van der Waals surface area contributed by atoms with Crippen molar-refractivity contribution >= 4 is 11.8 Å². The molecule has 0 unspecified atom stereocenters. The Balaban J connectivity index is 1.32. The summed E-state index contributed by atoms with van der Waals surface area (Å²) in [7, 11) is 0. The van der Waals surface area contributed by atoms with Crippen LogP contribution in [-0.4, -0.2) is 327 Å². The summed E-state index contributed by atoms with van der Waals surface area (Å²) in [6.07, 6.45) is -54.1. The highest BCUT2D eigenvalue weighted by molar-refractivity contribution is 5.73. The molecule has 73 heavy (non-hydrogen) atoms. The smallest absolute Gasteiger partial charge is 0.217 e. The fraction of sp³-hybridized carbons (Fsp3) is 0.950. The summed E-state index contributed by atoms with van der Waals surface area (Å²) in [5.41, 5.74) is 0. The van der Waals surface area contributed by atoms with Gasteiger partial charge in [0.15, 0.2) is 37.7 Å². The first-order valence-electron chi connectivity index (χ1n) is 23.1. The van der Waals surface area contributed by atoms with Crippen molar-refractivity contribution in [3.05, 3.63) is 0 Å². The maximum Gasteiger partial charge on any atom is 0.217 e. The van der Waals surface area contributed by atoms with Gasteiger partial charge in [0.25, 0.3) is 0 Å². The first kappa shape index (κ1) is 60.0. The van der Waals surface area contributed by atoms with Gasteiger partial charge in [-0.25, -0.2) is 0 Å². The van der Waals surface area contributed by atoms with Crippen LogP contribution in [0, 0.1) is 0 Å². The number of aliphatic hydroxyl groups excluding tert-OH is 18. The quantitative estimate of drug-likeness (QED) is 0.0606. The van der Waals surface area contributed by atoms with E-state index in [9.17, 15) is 102 Å². The molecule has 2 amide bonds. The molecule has 6 fully saturated rings. The zero-order valence-corrected chi connectivity index (χ0v) is 38.9. The van der Waals surface area contributed by atoms with Crippen LogP contribution in [0.1, 0.15) is 13.8 Å². The van der Waals surface area contributed by atoms with Crippen molar-refractivity contribution in [2.24, 2.45) is 0 Å². The molecule has 0 aromatic rings. The van der Waals surface area contributed by atoms with Crippen molar-refractivity contribution in [3.8, 4) is 0 Å². The number of carbonyl (C=O) groups excluding carboxylic acids is 2. The minimum absolute atomic E-state index is 0.796. The molecule has 6 rings (SSSR count). The molecule has 6 saturated heterocycles. The average Bonchev–Trinajstić information content (AvgIpc) is 3.36. The van der Waals surface area contributed by atoms with E-state index >= 15 is 0 Å². The van der Waals surface area contributed by atoms with Crippen LogP contribution in [0.15, 0.2) is 0 Å². The number of aliphatic hydroxyl groups is 18. The molecule has 0 aromatic carbocycles. The molecule has 6 heterocycles. The zero-order valence-electron chi connectivity index (χ0n) is 38.9. The second-order valence-electron chi connectivity index (χ2n) is 18.2. The van der Waals surface area contributed by atoms with Crippen molar-refractivity contribution in [2.75, 3.05) is 39.6 Å². The number of amides is 2. The predicted molar refractivity (Wildman–Crippen MR) is 222 cm³/mol. The van der Waals surface area contributed by atoms with Crippen LogP contribution in [0.2, 0.25) is 0 Å². The van der Waals surface area contributed by atoms with E-state index in [0.29, 0.717) is 0 Å². The van der Waals surface area contributed by atoms with Gasteiger partial charge in [0.2, 0.25) is 11.8 Å². The minimum Gasteiger partial charge on any atom is -0.394 e. The van der Waals surface area contributed by atoms with E-state index in [1.54, 1.807) is 0 Å². The van der Waals surface area contributed by atoms with E-state index in [1.165, 1.54) is 0 Å². The number of carbonyl (C=O) groups is 2. The van der Waals surface area contributed by atoms with Gasteiger partial charge >= 0.3 is 0 Å². The highest BCUT2D eigenvalue weighted by Gasteiger charge is 2.59. The topological polar surface area (TPSA) is 524 Å². The average molecular weight is 1070 g/mol. The van der Waals surface area contributed by atoms with Crippen LogP contribution in [-0.2, 0) is 61.7 Å². The van der Waals surface area contributed by atoms with Crippen LogP contribution < -0.4 is 10.6 Å². The first-order chi connectivity index (χ1) is 34.5. The largest absolute Gasteiger partial charge is 0.394 e. The summed E-state index contributed by atoms with van der Waals surface area (Å²) >= 11 is 0.